The smallest absolute Gasteiger partial charge is 0.197 e. The number of hydrogen-bond acceptors (Lipinski definition) is 3. The van der Waals surface area contributed by atoms with Gasteiger partial charge in [0.05, 0.1) is 5.57 Å². The highest BCUT2D eigenvalue weighted by Crippen LogP contribution is 2.37. The first-order chi connectivity index (χ1) is 19.9. The van der Waals surface area contributed by atoms with Crippen molar-refractivity contribution in [3.8, 4) is 0 Å². The van der Waals surface area contributed by atoms with Crippen LogP contribution in [0, 0.1) is 13.8 Å². The minimum absolute atomic E-state index is 0.210. The molecule has 1 aliphatic rings. The van der Waals surface area contributed by atoms with E-state index in [0.29, 0.717) is 11.1 Å². The number of carbonyl (C=O) groups excluding carboxylic acids is 2. The van der Waals surface area contributed by atoms with Gasteiger partial charge in [-0.3, -0.25) is 9.59 Å². The first kappa shape index (κ1) is 24.7. The summed E-state index contributed by atoms with van der Waals surface area (Å²) in [5.41, 5.74) is 7.68. The van der Waals surface area contributed by atoms with E-state index in [1.54, 1.807) is 6.08 Å². The fourth-order valence-corrected chi connectivity index (χ4v) is 5.62. The Balaban J connectivity index is 1.26. The van der Waals surface area contributed by atoms with Crippen molar-refractivity contribution in [2.75, 3.05) is 4.90 Å². The molecule has 0 atom stereocenters. The molecule has 0 saturated heterocycles. The van der Waals surface area contributed by atoms with Crippen LogP contribution in [-0.4, -0.2) is 11.6 Å². The number of nitrogens with zero attached hydrogens (tertiary/aromatic N) is 1. The van der Waals surface area contributed by atoms with Gasteiger partial charge in [-0.05, 0) is 102 Å². The second kappa shape index (κ2) is 9.72. The molecule has 0 unspecified atom stereocenters. The SMILES string of the molecule is Cc1ccc(N(c2ccc(C)cc2)c2ccc3cc(C=C4C(=O)c5cc6ccccc6cc5C4=O)ccc3c2)cc1. The summed E-state index contributed by atoms with van der Waals surface area (Å²) in [7, 11) is 0. The summed E-state index contributed by atoms with van der Waals surface area (Å²) in [6.45, 7) is 4.19. The van der Waals surface area contributed by atoms with Gasteiger partial charge in [-0.1, -0.05) is 77.9 Å². The Hall–Kier alpha value is -5.28. The van der Waals surface area contributed by atoms with Gasteiger partial charge in [-0.25, -0.2) is 0 Å². The van der Waals surface area contributed by atoms with Gasteiger partial charge < -0.3 is 4.90 Å². The maximum absolute atomic E-state index is 13.3. The number of rotatable bonds is 4. The van der Waals surface area contributed by atoms with Gasteiger partial charge in [0.15, 0.2) is 11.6 Å². The second-order valence-electron chi connectivity index (χ2n) is 10.8. The average Bonchev–Trinajstić information content (AvgIpc) is 3.22. The van der Waals surface area contributed by atoms with Crippen molar-refractivity contribution in [3.63, 3.8) is 0 Å². The standard InChI is InChI=1S/C38H27NO2/c1-24-7-14-31(15-8-24)39(32-16-9-25(2)10-17-32)33-18-13-29-19-26(11-12-30(29)21-33)20-36-37(40)34-22-27-5-3-4-6-28(27)23-35(34)38(36)41/h3-23H,1-2H3. The predicted octanol–water partition coefficient (Wildman–Crippen LogP) is 9.54. The summed E-state index contributed by atoms with van der Waals surface area (Å²) in [4.78, 5) is 28.8. The third-order valence-electron chi connectivity index (χ3n) is 7.87. The summed E-state index contributed by atoms with van der Waals surface area (Å²) in [5, 5.41) is 4.03. The number of anilines is 3. The van der Waals surface area contributed by atoms with Crippen LogP contribution in [0.4, 0.5) is 17.1 Å². The van der Waals surface area contributed by atoms with Crippen LogP contribution >= 0.6 is 0 Å². The first-order valence-corrected chi connectivity index (χ1v) is 13.8. The van der Waals surface area contributed by atoms with Crippen molar-refractivity contribution in [2.24, 2.45) is 0 Å². The molecule has 0 fully saturated rings. The van der Waals surface area contributed by atoms with Crippen LogP contribution in [-0.2, 0) is 0 Å². The summed E-state index contributed by atoms with van der Waals surface area (Å²) in [5.74, 6) is -0.420. The van der Waals surface area contributed by atoms with Gasteiger partial charge in [0, 0.05) is 28.2 Å². The number of allylic oxidation sites excluding steroid dienone is 1. The van der Waals surface area contributed by atoms with E-state index in [-0.39, 0.29) is 17.1 Å². The van der Waals surface area contributed by atoms with Crippen LogP contribution in [0.15, 0.2) is 127 Å². The summed E-state index contributed by atoms with van der Waals surface area (Å²) in [6, 6.07) is 41.0. The fourth-order valence-electron chi connectivity index (χ4n) is 5.62. The van der Waals surface area contributed by atoms with Crippen LogP contribution in [0.1, 0.15) is 37.4 Å². The maximum Gasteiger partial charge on any atom is 0.197 e. The van der Waals surface area contributed by atoms with Crippen molar-refractivity contribution in [3.05, 3.63) is 155 Å². The number of Topliss-reactive ketones (excluding diaryl/α,β-unsaturated/α-hetero) is 2. The van der Waals surface area contributed by atoms with Crippen molar-refractivity contribution in [2.45, 2.75) is 13.8 Å². The molecule has 0 N–H and O–H groups in total. The molecule has 7 rings (SSSR count). The Kier molecular flexibility index (Phi) is 5.87. The Morgan fingerprint density at radius 1 is 0.488 bits per heavy atom. The summed E-state index contributed by atoms with van der Waals surface area (Å²) < 4.78 is 0. The van der Waals surface area contributed by atoms with Crippen LogP contribution < -0.4 is 4.90 Å². The molecule has 196 valence electrons. The lowest BCUT2D eigenvalue weighted by atomic mass is 10.0. The Bertz CT molecular complexity index is 1930. The molecule has 0 aromatic heterocycles. The number of ketones is 2. The number of fused-ring (bicyclic) bond motifs is 3. The monoisotopic (exact) mass is 529 g/mol. The molecular weight excluding hydrogens is 502 g/mol. The van der Waals surface area contributed by atoms with E-state index >= 15 is 0 Å². The highest BCUT2D eigenvalue weighted by molar-refractivity contribution is 6.42. The largest absolute Gasteiger partial charge is 0.310 e. The van der Waals surface area contributed by atoms with E-state index in [1.165, 1.54) is 11.1 Å². The normalized spacial score (nSPS) is 12.7. The van der Waals surface area contributed by atoms with Crippen LogP contribution in [0.25, 0.3) is 27.6 Å². The van der Waals surface area contributed by atoms with E-state index in [4.69, 9.17) is 0 Å². The van der Waals surface area contributed by atoms with Gasteiger partial charge in [-0.15, -0.1) is 0 Å². The van der Waals surface area contributed by atoms with Crippen molar-refractivity contribution >= 4 is 56.2 Å². The molecule has 0 saturated carbocycles. The van der Waals surface area contributed by atoms with E-state index in [9.17, 15) is 9.59 Å². The number of aryl methyl sites for hydroxylation is 2. The minimum atomic E-state index is -0.210. The molecule has 1 aliphatic carbocycles. The van der Waals surface area contributed by atoms with Crippen molar-refractivity contribution < 1.29 is 9.59 Å². The van der Waals surface area contributed by atoms with Gasteiger partial charge in [0.2, 0.25) is 0 Å². The van der Waals surface area contributed by atoms with Gasteiger partial charge in [-0.2, -0.15) is 0 Å². The Morgan fingerprint density at radius 2 is 0.951 bits per heavy atom. The second-order valence-corrected chi connectivity index (χ2v) is 10.8. The highest BCUT2D eigenvalue weighted by atomic mass is 16.2. The van der Waals surface area contributed by atoms with Gasteiger partial charge >= 0.3 is 0 Å². The third-order valence-corrected chi connectivity index (χ3v) is 7.87. The molecule has 6 aromatic rings. The molecule has 3 heteroatoms. The number of benzene rings is 6. The number of hydrogen-bond donors (Lipinski definition) is 0. The predicted molar refractivity (Wildman–Crippen MR) is 169 cm³/mol. The molecule has 0 spiro atoms. The molecule has 6 aromatic carbocycles. The molecule has 0 bridgehead atoms. The lowest BCUT2D eigenvalue weighted by Gasteiger charge is -2.26. The minimum Gasteiger partial charge on any atom is -0.310 e. The summed E-state index contributed by atoms with van der Waals surface area (Å²) >= 11 is 0. The Morgan fingerprint density at radius 3 is 1.51 bits per heavy atom. The lowest BCUT2D eigenvalue weighted by Crippen LogP contribution is -2.09. The quantitative estimate of drug-likeness (QED) is 0.169. The molecule has 3 nitrogen and oxygen atoms in total. The third kappa shape index (κ3) is 4.42. The van der Waals surface area contributed by atoms with E-state index in [2.05, 4.69) is 91.5 Å². The molecule has 0 amide bonds. The molecular formula is C38H27NO2. The lowest BCUT2D eigenvalue weighted by molar-refractivity contribution is 0.0990. The molecule has 0 radical (unpaired) electrons. The maximum atomic E-state index is 13.3. The van der Waals surface area contributed by atoms with Gasteiger partial charge in [0.1, 0.15) is 0 Å². The van der Waals surface area contributed by atoms with Crippen molar-refractivity contribution in [1.29, 1.82) is 0 Å². The fraction of sp³-hybridized carbons (Fsp3) is 0.0526. The molecule has 0 heterocycles. The molecule has 0 aliphatic heterocycles. The topological polar surface area (TPSA) is 37.4 Å². The van der Waals surface area contributed by atoms with E-state index in [1.807, 2.05) is 48.5 Å². The summed E-state index contributed by atoms with van der Waals surface area (Å²) in [6.07, 6.45) is 1.73. The van der Waals surface area contributed by atoms with Crippen molar-refractivity contribution in [1.82, 2.24) is 0 Å². The zero-order chi connectivity index (χ0) is 28.1. The average molecular weight is 530 g/mol. The zero-order valence-corrected chi connectivity index (χ0v) is 22.9. The highest BCUT2D eigenvalue weighted by Gasteiger charge is 2.33. The van der Waals surface area contributed by atoms with Gasteiger partial charge in [0.25, 0.3) is 0 Å². The number of carbonyl (C=O) groups is 2. The Labute approximate surface area is 239 Å². The first-order valence-electron chi connectivity index (χ1n) is 13.8. The van der Waals surface area contributed by atoms with Crippen LogP contribution in [0.2, 0.25) is 0 Å². The van der Waals surface area contributed by atoms with E-state index in [0.717, 1.165) is 44.2 Å². The van der Waals surface area contributed by atoms with E-state index < -0.39 is 0 Å². The van der Waals surface area contributed by atoms with Crippen LogP contribution in [0.3, 0.4) is 0 Å². The molecule has 41 heavy (non-hydrogen) atoms. The van der Waals surface area contributed by atoms with Crippen LogP contribution in [0.5, 0.6) is 0 Å². The zero-order valence-electron chi connectivity index (χ0n) is 22.9.